The monoisotopic (exact) mass is 432 g/mol. The van der Waals surface area contributed by atoms with Gasteiger partial charge in [0, 0.05) is 12.2 Å². The average Bonchev–Trinajstić information content (AvgIpc) is 2.77. The number of rotatable bonds is 14. The van der Waals surface area contributed by atoms with E-state index in [1.54, 1.807) is 26.0 Å². The van der Waals surface area contributed by atoms with Crippen molar-refractivity contribution in [1.29, 1.82) is 0 Å². The van der Waals surface area contributed by atoms with Crippen molar-refractivity contribution < 1.29 is 23.1 Å². The fourth-order valence-electron chi connectivity index (χ4n) is 3.38. The molecule has 0 spiro atoms. The van der Waals surface area contributed by atoms with E-state index in [0.717, 1.165) is 18.4 Å². The predicted molar refractivity (Wildman–Crippen MR) is 120 cm³/mol. The standard InChI is InChI=1S/C24H33O5P/c1-4-7-19-27-24(22-16-12-9-13-17-22,23(25)21-14-10-8-11-15-21)18-20-30(26,28-5-2)29-6-3/h8-17H,4-7,18-20H2,1-3H3. The molecule has 0 aliphatic rings. The number of benzene rings is 2. The van der Waals surface area contributed by atoms with Crippen molar-refractivity contribution in [2.24, 2.45) is 0 Å². The largest absolute Gasteiger partial charge is 0.362 e. The summed E-state index contributed by atoms with van der Waals surface area (Å²) < 4.78 is 30.5. The molecule has 0 bridgehead atoms. The van der Waals surface area contributed by atoms with Crippen LogP contribution in [-0.4, -0.2) is 31.8 Å². The summed E-state index contributed by atoms with van der Waals surface area (Å²) in [4.78, 5) is 13.8. The minimum atomic E-state index is -3.34. The third-order valence-electron chi connectivity index (χ3n) is 4.88. The summed E-state index contributed by atoms with van der Waals surface area (Å²) in [5.74, 6) is -0.148. The zero-order chi connectivity index (χ0) is 21.9. The van der Waals surface area contributed by atoms with Crippen LogP contribution in [0.5, 0.6) is 0 Å². The topological polar surface area (TPSA) is 61.8 Å². The van der Waals surface area contributed by atoms with Crippen molar-refractivity contribution in [2.45, 2.75) is 45.6 Å². The summed E-state index contributed by atoms with van der Waals surface area (Å²) in [7, 11) is -3.34. The van der Waals surface area contributed by atoms with Gasteiger partial charge in [-0.25, -0.2) is 0 Å². The average molecular weight is 432 g/mol. The fraction of sp³-hybridized carbons (Fsp3) is 0.458. The van der Waals surface area contributed by atoms with Crippen LogP contribution in [0.4, 0.5) is 0 Å². The number of unbranched alkanes of at least 4 members (excludes halogenated alkanes) is 1. The van der Waals surface area contributed by atoms with Crippen LogP contribution >= 0.6 is 7.60 Å². The smallest absolute Gasteiger partial charge is 0.330 e. The molecule has 6 heteroatoms. The third-order valence-corrected chi connectivity index (χ3v) is 6.95. The Labute approximate surface area is 180 Å². The first-order valence-corrected chi connectivity index (χ1v) is 12.4. The second kappa shape index (κ2) is 12.2. The number of hydrogen-bond acceptors (Lipinski definition) is 5. The Morgan fingerprint density at radius 1 is 0.900 bits per heavy atom. The number of carbonyl (C=O) groups is 1. The van der Waals surface area contributed by atoms with Crippen molar-refractivity contribution in [3.63, 3.8) is 0 Å². The lowest BCUT2D eigenvalue weighted by Gasteiger charge is -2.34. The van der Waals surface area contributed by atoms with Crippen molar-refractivity contribution in [1.82, 2.24) is 0 Å². The molecule has 0 aromatic heterocycles. The Morgan fingerprint density at radius 2 is 1.47 bits per heavy atom. The highest BCUT2D eigenvalue weighted by Crippen LogP contribution is 2.51. The molecule has 0 N–H and O–H groups in total. The molecule has 0 amide bonds. The highest BCUT2D eigenvalue weighted by Gasteiger charge is 2.43. The quantitative estimate of drug-likeness (QED) is 0.201. The molecule has 0 radical (unpaired) electrons. The second-order valence-corrected chi connectivity index (χ2v) is 9.20. The minimum Gasteiger partial charge on any atom is -0.362 e. The number of Topliss-reactive ketones (excluding diaryl/α,β-unsaturated/α-hetero) is 1. The Hall–Kier alpha value is -1.78. The molecule has 1 atom stereocenters. The van der Waals surface area contributed by atoms with Crippen molar-refractivity contribution in [3.05, 3.63) is 71.8 Å². The van der Waals surface area contributed by atoms with Crippen molar-refractivity contribution in [2.75, 3.05) is 26.0 Å². The molecular formula is C24H33O5P. The van der Waals surface area contributed by atoms with E-state index < -0.39 is 13.2 Å². The molecule has 0 heterocycles. The maximum absolute atomic E-state index is 13.8. The predicted octanol–water partition coefficient (Wildman–Crippen LogP) is 6.24. The van der Waals surface area contributed by atoms with Crippen LogP contribution < -0.4 is 0 Å². The van der Waals surface area contributed by atoms with Gasteiger partial charge in [0.1, 0.15) is 0 Å². The lowest BCUT2D eigenvalue weighted by Crippen LogP contribution is -2.40. The normalized spacial score (nSPS) is 13.7. The number of ether oxygens (including phenoxy) is 1. The zero-order valence-corrected chi connectivity index (χ0v) is 19.1. The highest BCUT2D eigenvalue weighted by molar-refractivity contribution is 7.53. The van der Waals surface area contributed by atoms with Crippen LogP contribution in [-0.2, 0) is 24.0 Å². The minimum absolute atomic E-state index is 0.0915. The molecule has 1 unspecified atom stereocenters. The summed E-state index contributed by atoms with van der Waals surface area (Å²) in [5.41, 5.74) is 0.0387. The Bertz CT molecular complexity index is 799. The van der Waals surface area contributed by atoms with E-state index in [1.165, 1.54) is 0 Å². The second-order valence-electron chi connectivity index (χ2n) is 7.01. The molecule has 2 rings (SSSR count). The van der Waals surface area contributed by atoms with Gasteiger partial charge < -0.3 is 13.8 Å². The Kier molecular flexibility index (Phi) is 9.93. The van der Waals surface area contributed by atoms with Gasteiger partial charge in [-0.05, 0) is 32.3 Å². The number of hydrogen-bond donors (Lipinski definition) is 0. The zero-order valence-electron chi connectivity index (χ0n) is 18.2. The van der Waals surface area contributed by atoms with E-state index >= 15 is 0 Å². The molecule has 0 saturated heterocycles. The summed E-state index contributed by atoms with van der Waals surface area (Å²) in [6.07, 6.45) is 2.06. The fourth-order valence-corrected chi connectivity index (χ4v) is 5.09. The van der Waals surface area contributed by atoms with Gasteiger partial charge >= 0.3 is 7.60 Å². The van der Waals surface area contributed by atoms with Gasteiger partial charge in [0.05, 0.1) is 19.4 Å². The SMILES string of the molecule is CCCCOC(CCP(=O)(OCC)OCC)(C(=O)c1ccccc1)c1ccccc1. The lowest BCUT2D eigenvalue weighted by molar-refractivity contribution is -0.0334. The number of ketones is 1. The van der Waals surface area contributed by atoms with Crippen molar-refractivity contribution in [3.8, 4) is 0 Å². The molecule has 0 saturated carbocycles. The molecule has 5 nitrogen and oxygen atoms in total. The van der Waals surface area contributed by atoms with Gasteiger partial charge in [0.25, 0.3) is 0 Å². The van der Waals surface area contributed by atoms with Gasteiger partial charge in [-0.3, -0.25) is 9.36 Å². The van der Waals surface area contributed by atoms with E-state index in [4.69, 9.17) is 13.8 Å². The van der Waals surface area contributed by atoms with E-state index in [9.17, 15) is 9.36 Å². The van der Waals surface area contributed by atoms with E-state index in [1.807, 2.05) is 48.5 Å². The van der Waals surface area contributed by atoms with Crippen LogP contribution in [0.3, 0.4) is 0 Å². The molecule has 30 heavy (non-hydrogen) atoms. The van der Waals surface area contributed by atoms with Crippen LogP contribution in [0.2, 0.25) is 0 Å². The molecule has 2 aromatic carbocycles. The molecule has 0 aliphatic carbocycles. The van der Waals surface area contributed by atoms with Crippen LogP contribution in [0.15, 0.2) is 60.7 Å². The van der Waals surface area contributed by atoms with E-state index in [-0.39, 0.29) is 31.6 Å². The van der Waals surface area contributed by atoms with Gasteiger partial charge in [-0.2, -0.15) is 0 Å². The Balaban J connectivity index is 2.49. The van der Waals surface area contributed by atoms with E-state index in [2.05, 4.69) is 6.92 Å². The van der Waals surface area contributed by atoms with E-state index in [0.29, 0.717) is 12.2 Å². The summed E-state index contributed by atoms with van der Waals surface area (Å²) in [6, 6.07) is 18.6. The summed E-state index contributed by atoms with van der Waals surface area (Å²) >= 11 is 0. The Morgan fingerprint density at radius 3 is 2.00 bits per heavy atom. The molecule has 164 valence electrons. The first-order valence-electron chi connectivity index (χ1n) is 10.7. The molecule has 0 aliphatic heterocycles. The maximum atomic E-state index is 13.8. The van der Waals surface area contributed by atoms with Crippen molar-refractivity contribution >= 4 is 13.4 Å². The molecule has 0 fully saturated rings. The lowest BCUT2D eigenvalue weighted by atomic mass is 9.83. The molecule has 2 aromatic rings. The highest BCUT2D eigenvalue weighted by atomic mass is 31.2. The summed E-state index contributed by atoms with van der Waals surface area (Å²) in [5, 5.41) is 0. The van der Waals surface area contributed by atoms with Gasteiger partial charge in [0.15, 0.2) is 11.4 Å². The summed E-state index contributed by atoms with van der Waals surface area (Å²) in [6.45, 7) is 6.62. The first kappa shape index (κ1) is 24.5. The van der Waals surface area contributed by atoms with Crippen LogP contribution in [0.25, 0.3) is 0 Å². The third kappa shape index (κ3) is 6.36. The van der Waals surface area contributed by atoms with Crippen LogP contribution in [0, 0.1) is 0 Å². The van der Waals surface area contributed by atoms with Crippen LogP contribution in [0.1, 0.15) is 56.0 Å². The molecular weight excluding hydrogens is 399 g/mol. The van der Waals surface area contributed by atoms with Gasteiger partial charge in [-0.1, -0.05) is 74.0 Å². The first-order chi connectivity index (χ1) is 14.5. The van der Waals surface area contributed by atoms with Gasteiger partial charge in [0.2, 0.25) is 0 Å². The maximum Gasteiger partial charge on any atom is 0.330 e. The van der Waals surface area contributed by atoms with Gasteiger partial charge in [-0.15, -0.1) is 0 Å². The number of carbonyl (C=O) groups excluding carboxylic acids is 1.